The Balaban J connectivity index is 3.07. The second-order valence-corrected chi connectivity index (χ2v) is 4.83. The quantitative estimate of drug-likeness (QED) is 0.747. The molecule has 1 aromatic heterocycles. The summed E-state index contributed by atoms with van der Waals surface area (Å²) in [4.78, 5) is 0. The highest BCUT2D eigenvalue weighted by molar-refractivity contribution is 9.10. The number of hydrogen-bond donors (Lipinski definition) is 1. The number of hydrogen-bond acceptors (Lipinski definition) is 4. The maximum absolute atomic E-state index is 5.38. The van der Waals surface area contributed by atoms with Crippen LogP contribution in [-0.4, -0.2) is 36.8 Å². The molecule has 0 aliphatic heterocycles. The molecule has 1 rings (SSSR count). The van der Waals surface area contributed by atoms with E-state index in [-0.39, 0.29) is 12.3 Å². The van der Waals surface area contributed by atoms with E-state index in [4.69, 9.17) is 9.47 Å². The van der Waals surface area contributed by atoms with Gasteiger partial charge >= 0.3 is 0 Å². The predicted octanol–water partition coefficient (Wildman–Crippen LogP) is 2.33. The van der Waals surface area contributed by atoms with Crippen molar-refractivity contribution in [3.8, 4) is 0 Å². The number of rotatable bonds is 8. The Hall–Kier alpha value is -0.430. The zero-order valence-electron chi connectivity index (χ0n) is 11.4. The summed E-state index contributed by atoms with van der Waals surface area (Å²) in [6, 6.07) is -0.0478. The van der Waals surface area contributed by atoms with E-state index >= 15 is 0 Å². The molecule has 1 atom stereocenters. The molecule has 1 aromatic rings. The van der Waals surface area contributed by atoms with Crippen molar-refractivity contribution < 1.29 is 9.47 Å². The molecule has 5 nitrogen and oxygen atoms in total. The van der Waals surface area contributed by atoms with Crippen molar-refractivity contribution in [1.29, 1.82) is 0 Å². The van der Waals surface area contributed by atoms with E-state index in [1.165, 1.54) is 0 Å². The fourth-order valence-electron chi connectivity index (χ4n) is 1.98. The molecule has 0 saturated heterocycles. The third kappa shape index (κ3) is 3.54. The molecule has 6 heteroatoms. The van der Waals surface area contributed by atoms with Crippen LogP contribution in [0.4, 0.5) is 0 Å². The van der Waals surface area contributed by atoms with Gasteiger partial charge < -0.3 is 14.8 Å². The summed E-state index contributed by atoms with van der Waals surface area (Å²) in [6.45, 7) is 5.90. The predicted molar refractivity (Wildman–Crippen MR) is 74.4 cm³/mol. The van der Waals surface area contributed by atoms with Gasteiger partial charge in [0.05, 0.1) is 16.4 Å². The number of ether oxygens (including phenoxy) is 2. The number of nitrogens with one attached hydrogen (secondary N) is 1. The molecule has 1 heterocycles. The molecule has 0 aliphatic carbocycles. The molecule has 18 heavy (non-hydrogen) atoms. The van der Waals surface area contributed by atoms with Gasteiger partial charge in [0, 0.05) is 20.8 Å². The molecule has 0 amide bonds. The van der Waals surface area contributed by atoms with Gasteiger partial charge in [-0.25, -0.2) is 0 Å². The maximum Gasteiger partial charge on any atom is 0.177 e. The normalized spacial score (nSPS) is 13.2. The molecule has 0 aliphatic rings. The summed E-state index contributed by atoms with van der Waals surface area (Å²) in [5, 5.41) is 7.76. The van der Waals surface area contributed by atoms with E-state index in [0.29, 0.717) is 0 Å². The summed E-state index contributed by atoms with van der Waals surface area (Å²) in [5.41, 5.74) is 1.06. The smallest absolute Gasteiger partial charge is 0.177 e. The Morgan fingerprint density at radius 1 is 1.39 bits per heavy atom. The summed E-state index contributed by atoms with van der Waals surface area (Å²) in [6.07, 6.45) is 2.51. The number of nitrogens with zero attached hydrogens (tertiary/aromatic N) is 2. The van der Waals surface area contributed by atoms with Crippen molar-refractivity contribution in [3.63, 3.8) is 0 Å². The lowest BCUT2D eigenvalue weighted by Gasteiger charge is -2.26. The molecule has 0 bridgehead atoms. The van der Waals surface area contributed by atoms with Gasteiger partial charge in [-0.15, -0.1) is 0 Å². The molecule has 0 aromatic carbocycles. The van der Waals surface area contributed by atoms with Crippen molar-refractivity contribution in [1.82, 2.24) is 15.1 Å². The van der Waals surface area contributed by atoms with Crippen molar-refractivity contribution >= 4 is 15.9 Å². The lowest BCUT2D eigenvalue weighted by Crippen LogP contribution is -2.36. The van der Waals surface area contributed by atoms with Crippen LogP contribution in [0.1, 0.15) is 32.0 Å². The van der Waals surface area contributed by atoms with Crippen LogP contribution in [0.15, 0.2) is 10.7 Å². The van der Waals surface area contributed by atoms with Gasteiger partial charge in [0.2, 0.25) is 0 Å². The zero-order chi connectivity index (χ0) is 13.5. The van der Waals surface area contributed by atoms with Gasteiger partial charge in [-0.05, 0) is 28.9 Å². The van der Waals surface area contributed by atoms with Gasteiger partial charge in [0.25, 0.3) is 0 Å². The van der Waals surface area contributed by atoms with Gasteiger partial charge in [-0.2, -0.15) is 5.10 Å². The lowest BCUT2D eigenvalue weighted by molar-refractivity contribution is -0.125. The second kappa shape index (κ2) is 7.89. The van der Waals surface area contributed by atoms with Gasteiger partial charge in [-0.1, -0.05) is 13.8 Å². The topological polar surface area (TPSA) is 48.3 Å². The van der Waals surface area contributed by atoms with E-state index in [0.717, 1.165) is 29.7 Å². The monoisotopic (exact) mass is 319 g/mol. The van der Waals surface area contributed by atoms with Crippen LogP contribution in [0.2, 0.25) is 0 Å². The molecular weight excluding hydrogens is 298 g/mol. The average Bonchev–Trinajstić information content (AvgIpc) is 2.71. The van der Waals surface area contributed by atoms with Crippen LogP contribution < -0.4 is 5.32 Å². The van der Waals surface area contributed by atoms with Crippen molar-refractivity contribution in [3.05, 3.63) is 16.4 Å². The van der Waals surface area contributed by atoms with E-state index < -0.39 is 0 Å². The second-order valence-electron chi connectivity index (χ2n) is 3.98. The third-order valence-corrected chi connectivity index (χ3v) is 3.34. The molecule has 0 fully saturated rings. The SMILES string of the molecule is CCCn1ncc(Br)c1C(NCC)C(OC)OC. The van der Waals surface area contributed by atoms with E-state index in [1.807, 2.05) is 10.9 Å². The number of aromatic nitrogens is 2. The first-order valence-electron chi connectivity index (χ1n) is 6.19. The van der Waals surface area contributed by atoms with E-state index in [1.54, 1.807) is 14.2 Å². The Kier molecular flexibility index (Phi) is 6.85. The first-order chi connectivity index (χ1) is 8.69. The largest absolute Gasteiger partial charge is 0.354 e. The van der Waals surface area contributed by atoms with Gasteiger partial charge in [-0.3, -0.25) is 4.68 Å². The highest BCUT2D eigenvalue weighted by Crippen LogP contribution is 2.27. The van der Waals surface area contributed by atoms with Gasteiger partial charge in [0.15, 0.2) is 6.29 Å². The highest BCUT2D eigenvalue weighted by Gasteiger charge is 2.27. The van der Waals surface area contributed by atoms with E-state index in [9.17, 15) is 0 Å². The summed E-state index contributed by atoms with van der Waals surface area (Å²) < 4.78 is 13.7. The van der Waals surface area contributed by atoms with Gasteiger partial charge in [0.1, 0.15) is 6.04 Å². The Morgan fingerprint density at radius 3 is 2.56 bits per heavy atom. The minimum Gasteiger partial charge on any atom is -0.354 e. The lowest BCUT2D eigenvalue weighted by atomic mass is 10.2. The Bertz CT molecular complexity index is 353. The first-order valence-corrected chi connectivity index (χ1v) is 6.99. The number of methoxy groups -OCH3 is 2. The van der Waals surface area contributed by atoms with Crippen LogP contribution in [-0.2, 0) is 16.0 Å². The maximum atomic E-state index is 5.38. The standard InChI is InChI=1S/C12H22BrN3O2/c1-5-7-16-11(9(13)8-15-16)10(14-6-2)12(17-3)18-4/h8,10,12,14H,5-7H2,1-4H3. The molecule has 0 saturated carbocycles. The van der Waals surface area contributed by atoms with Crippen LogP contribution in [0.3, 0.4) is 0 Å². The fourth-order valence-corrected chi connectivity index (χ4v) is 2.52. The zero-order valence-corrected chi connectivity index (χ0v) is 13.0. The third-order valence-electron chi connectivity index (χ3n) is 2.72. The van der Waals surface area contributed by atoms with E-state index in [2.05, 4.69) is 40.2 Å². The molecule has 0 radical (unpaired) electrons. The summed E-state index contributed by atoms with van der Waals surface area (Å²) in [7, 11) is 3.29. The minimum atomic E-state index is -0.339. The van der Waals surface area contributed by atoms with Crippen LogP contribution in [0.5, 0.6) is 0 Å². The molecule has 104 valence electrons. The first kappa shape index (κ1) is 15.6. The van der Waals surface area contributed by atoms with Crippen molar-refractivity contribution in [2.75, 3.05) is 20.8 Å². The number of aryl methyl sites for hydroxylation is 1. The van der Waals surface area contributed by atoms with Crippen LogP contribution in [0.25, 0.3) is 0 Å². The van der Waals surface area contributed by atoms with Crippen LogP contribution >= 0.6 is 15.9 Å². The molecule has 1 unspecified atom stereocenters. The fraction of sp³-hybridized carbons (Fsp3) is 0.750. The molecule has 0 spiro atoms. The summed E-state index contributed by atoms with van der Waals surface area (Å²) in [5.74, 6) is 0. The summed E-state index contributed by atoms with van der Waals surface area (Å²) >= 11 is 3.55. The number of halogens is 1. The molecular formula is C12H22BrN3O2. The van der Waals surface area contributed by atoms with Crippen molar-refractivity contribution in [2.24, 2.45) is 0 Å². The van der Waals surface area contributed by atoms with Crippen LogP contribution in [0, 0.1) is 0 Å². The number of likely N-dealkylation sites (N-methyl/N-ethyl adjacent to an activating group) is 1. The Morgan fingerprint density at radius 2 is 2.06 bits per heavy atom. The highest BCUT2D eigenvalue weighted by atomic mass is 79.9. The average molecular weight is 320 g/mol. The van der Waals surface area contributed by atoms with Crippen molar-refractivity contribution in [2.45, 2.75) is 39.1 Å². The molecule has 1 N–H and O–H groups in total. The Labute approximate surface area is 117 Å². The minimum absolute atomic E-state index is 0.0478.